The highest BCUT2D eigenvalue weighted by Crippen LogP contribution is 2.38. The van der Waals surface area contributed by atoms with Gasteiger partial charge < -0.3 is 4.42 Å². The fourth-order valence-electron chi connectivity index (χ4n) is 2.27. The molecular formula is C18H11F3N4O3S2. The van der Waals surface area contributed by atoms with Crippen LogP contribution in [-0.2, 0) is 11.0 Å². The zero-order valence-corrected chi connectivity index (χ0v) is 16.5. The summed E-state index contributed by atoms with van der Waals surface area (Å²) < 4.78 is 45.2. The Morgan fingerprint density at radius 3 is 2.67 bits per heavy atom. The van der Waals surface area contributed by atoms with Gasteiger partial charge in [-0.3, -0.25) is 20.4 Å². The first-order valence-electron chi connectivity index (χ1n) is 8.11. The highest BCUT2D eigenvalue weighted by atomic mass is 32.2. The number of rotatable bonds is 5. The van der Waals surface area contributed by atoms with Crippen molar-refractivity contribution in [1.82, 2.24) is 15.8 Å². The fraction of sp³-hybridized carbons (Fsp3) is 0.111. The SMILES string of the molecule is N#Cc1c(C(F)(F)F)cc(-c2cccs2)nc1SCC(=O)NNC(=O)c1ccco1. The van der Waals surface area contributed by atoms with Crippen molar-refractivity contribution in [2.75, 3.05) is 5.75 Å². The quantitative estimate of drug-likeness (QED) is 0.450. The summed E-state index contributed by atoms with van der Waals surface area (Å²) in [4.78, 5) is 28.3. The molecule has 0 fully saturated rings. The van der Waals surface area contributed by atoms with Gasteiger partial charge in [0.15, 0.2) is 5.76 Å². The predicted molar refractivity (Wildman–Crippen MR) is 102 cm³/mol. The second-order valence-corrected chi connectivity index (χ2v) is 7.50. The number of furan rings is 1. The normalized spacial score (nSPS) is 11.0. The number of thioether (sulfide) groups is 1. The first-order chi connectivity index (χ1) is 14.3. The molecule has 0 aliphatic rings. The summed E-state index contributed by atoms with van der Waals surface area (Å²) in [6.07, 6.45) is -3.49. The number of thiophene rings is 1. The average molecular weight is 452 g/mol. The molecule has 0 atom stereocenters. The summed E-state index contributed by atoms with van der Waals surface area (Å²) in [6.45, 7) is 0. The molecule has 30 heavy (non-hydrogen) atoms. The maximum Gasteiger partial charge on any atom is 0.417 e. The molecule has 3 rings (SSSR count). The van der Waals surface area contributed by atoms with Crippen molar-refractivity contribution in [3.63, 3.8) is 0 Å². The highest BCUT2D eigenvalue weighted by molar-refractivity contribution is 8.00. The predicted octanol–water partition coefficient (Wildman–Crippen LogP) is 3.85. The van der Waals surface area contributed by atoms with Crippen LogP contribution in [0.4, 0.5) is 13.2 Å². The summed E-state index contributed by atoms with van der Waals surface area (Å²) in [5, 5.41) is 10.7. The largest absolute Gasteiger partial charge is 0.459 e. The Hall–Kier alpha value is -3.30. The maximum atomic E-state index is 13.5. The van der Waals surface area contributed by atoms with Crippen LogP contribution in [0.25, 0.3) is 10.6 Å². The lowest BCUT2D eigenvalue weighted by molar-refractivity contribution is -0.138. The van der Waals surface area contributed by atoms with E-state index < -0.39 is 29.1 Å². The molecule has 0 radical (unpaired) electrons. The van der Waals surface area contributed by atoms with Crippen molar-refractivity contribution in [3.05, 3.63) is 58.9 Å². The maximum absolute atomic E-state index is 13.5. The molecule has 0 unspecified atom stereocenters. The molecule has 154 valence electrons. The van der Waals surface area contributed by atoms with E-state index in [1.165, 1.54) is 35.8 Å². The number of hydrogen-bond donors (Lipinski definition) is 2. The lowest BCUT2D eigenvalue weighted by Gasteiger charge is -2.13. The second-order valence-electron chi connectivity index (χ2n) is 5.59. The van der Waals surface area contributed by atoms with Gasteiger partial charge in [-0.2, -0.15) is 18.4 Å². The molecule has 12 heteroatoms. The van der Waals surface area contributed by atoms with Crippen LogP contribution >= 0.6 is 23.1 Å². The van der Waals surface area contributed by atoms with E-state index in [9.17, 15) is 28.0 Å². The van der Waals surface area contributed by atoms with E-state index in [-0.39, 0.29) is 22.2 Å². The van der Waals surface area contributed by atoms with Gasteiger partial charge in [0.2, 0.25) is 5.91 Å². The molecule has 2 amide bonds. The Balaban J connectivity index is 1.77. The topological polar surface area (TPSA) is 108 Å². The van der Waals surface area contributed by atoms with Crippen molar-refractivity contribution in [2.24, 2.45) is 0 Å². The second kappa shape index (κ2) is 9.02. The van der Waals surface area contributed by atoms with Gasteiger partial charge in [-0.15, -0.1) is 11.3 Å². The third-order valence-corrected chi connectivity index (χ3v) is 5.45. The van der Waals surface area contributed by atoms with Gasteiger partial charge in [0, 0.05) is 0 Å². The number of halogens is 3. The van der Waals surface area contributed by atoms with Gasteiger partial charge in [0.1, 0.15) is 11.1 Å². The third kappa shape index (κ3) is 5.00. The summed E-state index contributed by atoms with van der Waals surface area (Å²) in [5.41, 5.74) is 2.48. The molecule has 3 heterocycles. The van der Waals surface area contributed by atoms with E-state index in [1.807, 2.05) is 0 Å². The average Bonchev–Trinajstić information content (AvgIpc) is 3.43. The number of nitriles is 1. The van der Waals surface area contributed by atoms with Crippen LogP contribution < -0.4 is 10.9 Å². The molecule has 0 aliphatic heterocycles. The summed E-state index contributed by atoms with van der Waals surface area (Å²) in [7, 11) is 0. The number of carbonyl (C=O) groups is 2. The summed E-state index contributed by atoms with van der Waals surface area (Å²) in [5.74, 6) is -1.82. The summed E-state index contributed by atoms with van der Waals surface area (Å²) >= 11 is 1.85. The smallest absolute Gasteiger partial charge is 0.417 e. The number of pyridine rings is 1. The van der Waals surface area contributed by atoms with Gasteiger partial charge in [-0.25, -0.2) is 4.98 Å². The minimum Gasteiger partial charge on any atom is -0.459 e. The van der Waals surface area contributed by atoms with Crippen LogP contribution in [0, 0.1) is 11.3 Å². The first-order valence-corrected chi connectivity index (χ1v) is 9.98. The minimum atomic E-state index is -4.77. The molecule has 0 saturated carbocycles. The lowest BCUT2D eigenvalue weighted by atomic mass is 10.1. The zero-order chi connectivity index (χ0) is 21.7. The van der Waals surface area contributed by atoms with E-state index in [0.29, 0.717) is 16.6 Å². The molecule has 0 spiro atoms. The first kappa shape index (κ1) is 21.4. The monoisotopic (exact) mass is 452 g/mol. The molecule has 7 nitrogen and oxygen atoms in total. The number of hydrazine groups is 1. The van der Waals surface area contributed by atoms with E-state index in [1.54, 1.807) is 17.5 Å². The van der Waals surface area contributed by atoms with Gasteiger partial charge in [-0.05, 0) is 29.6 Å². The molecule has 0 aliphatic carbocycles. The molecular weight excluding hydrogens is 441 g/mol. The fourth-order valence-corrected chi connectivity index (χ4v) is 3.76. The minimum absolute atomic E-state index is 0.0325. The van der Waals surface area contributed by atoms with E-state index in [4.69, 9.17) is 4.42 Å². The molecule has 2 N–H and O–H groups in total. The van der Waals surface area contributed by atoms with Crippen LogP contribution in [0.1, 0.15) is 21.7 Å². The van der Waals surface area contributed by atoms with Crippen LogP contribution in [-0.4, -0.2) is 22.6 Å². The van der Waals surface area contributed by atoms with Crippen LogP contribution in [0.5, 0.6) is 0 Å². The number of amides is 2. The van der Waals surface area contributed by atoms with Crippen molar-refractivity contribution >= 4 is 34.9 Å². The van der Waals surface area contributed by atoms with Crippen molar-refractivity contribution in [1.29, 1.82) is 5.26 Å². The molecule has 0 bridgehead atoms. The zero-order valence-electron chi connectivity index (χ0n) is 14.8. The number of alkyl halides is 3. The number of nitrogens with zero attached hydrogens (tertiary/aromatic N) is 2. The van der Waals surface area contributed by atoms with Gasteiger partial charge in [0.05, 0.1) is 33.7 Å². The number of nitrogens with one attached hydrogen (secondary N) is 2. The van der Waals surface area contributed by atoms with Crippen LogP contribution in [0.3, 0.4) is 0 Å². The number of hydrogen-bond acceptors (Lipinski definition) is 7. The highest BCUT2D eigenvalue weighted by Gasteiger charge is 2.36. The Kier molecular flexibility index (Phi) is 6.43. The Labute approximate surface area is 175 Å². The van der Waals surface area contributed by atoms with E-state index >= 15 is 0 Å². The number of aromatic nitrogens is 1. The molecule has 3 aromatic rings. The van der Waals surface area contributed by atoms with Crippen molar-refractivity contribution in [3.8, 4) is 16.6 Å². The number of carbonyl (C=O) groups excluding carboxylic acids is 2. The standard InChI is InChI=1S/C18H11F3N4O3S2/c19-18(20,21)11-7-12(14-4-2-6-29-14)23-17(10(11)8-22)30-9-15(26)24-25-16(27)13-3-1-5-28-13/h1-7H,9H2,(H,24,26)(H,25,27). The van der Waals surface area contributed by atoms with Gasteiger partial charge in [0.25, 0.3) is 0 Å². The van der Waals surface area contributed by atoms with E-state index in [2.05, 4.69) is 15.8 Å². The Bertz CT molecular complexity index is 1090. The molecule has 3 aromatic heterocycles. The summed E-state index contributed by atoms with van der Waals surface area (Å²) in [6, 6.07) is 8.47. The van der Waals surface area contributed by atoms with Gasteiger partial charge in [-0.1, -0.05) is 17.8 Å². The molecule has 0 aromatic carbocycles. The van der Waals surface area contributed by atoms with E-state index in [0.717, 1.165) is 6.07 Å². The third-order valence-electron chi connectivity index (χ3n) is 3.58. The lowest BCUT2D eigenvalue weighted by Crippen LogP contribution is -2.42. The van der Waals surface area contributed by atoms with Gasteiger partial charge >= 0.3 is 12.1 Å². The van der Waals surface area contributed by atoms with Crippen LogP contribution in [0.15, 0.2) is 51.4 Å². The molecule has 0 saturated heterocycles. The Morgan fingerprint density at radius 2 is 2.07 bits per heavy atom. The van der Waals surface area contributed by atoms with Crippen molar-refractivity contribution in [2.45, 2.75) is 11.2 Å². The Morgan fingerprint density at radius 1 is 1.27 bits per heavy atom. The van der Waals surface area contributed by atoms with Crippen LogP contribution in [0.2, 0.25) is 0 Å². The van der Waals surface area contributed by atoms with Crippen molar-refractivity contribution < 1.29 is 27.2 Å².